The molecule has 0 aliphatic carbocycles. The summed E-state index contributed by atoms with van der Waals surface area (Å²) in [4.78, 5) is 22.1. The molecule has 1 atom stereocenters. The summed E-state index contributed by atoms with van der Waals surface area (Å²) in [5.41, 5.74) is 0.470. The second kappa shape index (κ2) is 8.89. The monoisotopic (exact) mass is 349 g/mol. The lowest BCUT2D eigenvalue weighted by Crippen LogP contribution is -2.44. The number of nitro groups is 1. The molecule has 1 aromatic rings. The molecule has 22 heavy (non-hydrogen) atoms. The van der Waals surface area contributed by atoms with Crippen molar-refractivity contribution in [2.75, 3.05) is 19.8 Å². The Morgan fingerprint density at radius 1 is 1.55 bits per heavy atom. The number of nitro benzene ring substituents is 1. The molecule has 1 heterocycles. The molecule has 0 bridgehead atoms. The average Bonchev–Trinajstić information content (AvgIpc) is 2.47. The van der Waals surface area contributed by atoms with Crippen molar-refractivity contribution in [1.29, 1.82) is 0 Å². The molecule has 1 aliphatic rings. The molecule has 0 aromatic heterocycles. The Kier molecular flexibility index (Phi) is 7.53. The van der Waals surface area contributed by atoms with Crippen molar-refractivity contribution in [1.82, 2.24) is 10.6 Å². The average molecular weight is 350 g/mol. The summed E-state index contributed by atoms with van der Waals surface area (Å²) in [7, 11) is 0. The second-order valence-electron chi connectivity index (χ2n) is 4.74. The number of halogens is 2. The van der Waals surface area contributed by atoms with Crippen LogP contribution in [0.3, 0.4) is 0 Å². The van der Waals surface area contributed by atoms with Crippen LogP contribution in [-0.4, -0.2) is 36.6 Å². The fourth-order valence-corrected chi connectivity index (χ4v) is 2.24. The highest BCUT2D eigenvalue weighted by Gasteiger charge is 2.17. The number of carbonyl (C=O) groups is 1. The third-order valence-corrected chi connectivity index (χ3v) is 3.52. The summed E-state index contributed by atoms with van der Waals surface area (Å²) in [6, 6.07) is 4.15. The van der Waals surface area contributed by atoms with Gasteiger partial charge in [-0.2, -0.15) is 0 Å². The highest BCUT2D eigenvalue weighted by Crippen LogP contribution is 2.21. The van der Waals surface area contributed by atoms with Crippen LogP contribution in [0.2, 0.25) is 5.02 Å². The van der Waals surface area contributed by atoms with E-state index in [0.29, 0.717) is 30.2 Å². The van der Waals surface area contributed by atoms with Crippen LogP contribution in [0, 0.1) is 10.1 Å². The van der Waals surface area contributed by atoms with Gasteiger partial charge in [0.05, 0.1) is 18.1 Å². The second-order valence-corrected chi connectivity index (χ2v) is 5.15. The van der Waals surface area contributed by atoms with Gasteiger partial charge in [0.2, 0.25) is 5.91 Å². The van der Waals surface area contributed by atoms with Gasteiger partial charge in [0.15, 0.2) is 0 Å². The molecule has 2 rings (SSSR count). The van der Waals surface area contributed by atoms with Crippen LogP contribution in [0.15, 0.2) is 18.2 Å². The minimum absolute atomic E-state index is 0. The highest BCUT2D eigenvalue weighted by atomic mass is 35.5. The van der Waals surface area contributed by atoms with E-state index in [1.807, 2.05) is 0 Å². The molecule has 1 amide bonds. The Balaban J connectivity index is 0.00000242. The Morgan fingerprint density at radius 3 is 2.95 bits per heavy atom. The van der Waals surface area contributed by atoms with Crippen LogP contribution in [0.5, 0.6) is 0 Å². The number of hydrogen-bond donors (Lipinski definition) is 2. The van der Waals surface area contributed by atoms with E-state index in [-0.39, 0.29) is 36.6 Å². The summed E-state index contributed by atoms with van der Waals surface area (Å²) in [5.74, 6) is -0.152. The zero-order chi connectivity index (χ0) is 15.2. The third-order valence-electron chi connectivity index (χ3n) is 3.15. The van der Waals surface area contributed by atoms with E-state index in [1.165, 1.54) is 18.2 Å². The predicted octanol–water partition coefficient (Wildman–Crippen LogP) is 1.66. The molecule has 9 heteroatoms. The van der Waals surface area contributed by atoms with Gasteiger partial charge in [-0.05, 0) is 11.6 Å². The number of rotatable bonds is 5. The summed E-state index contributed by atoms with van der Waals surface area (Å²) in [6.07, 6.45) is 0.298. The van der Waals surface area contributed by atoms with Crippen molar-refractivity contribution < 1.29 is 14.5 Å². The molecule has 1 fully saturated rings. The van der Waals surface area contributed by atoms with E-state index in [1.54, 1.807) is 0 Å². The first-order valence-electron chi connectivity index (χ1n) is 6.57. The largest absolute Gasteiger partial charge is 0.378 e. The van der Waals surface area contributed by atoms with Crippen LogP contribution in [0.25, 0.3) is 0 Å². The van der Waals surface area contributed by atoms with Gasteiger partial charge in [-0.3, -0.25) is 14.9 Å². The van der Waals surface area contributed by atoms with Crippen LogP contribution >= 0.6 is 24.0 Å². The fourth-order valence-electron chi connectivity index (χ4n) is 2.05. The number of amides is 1. The van der Waals surface area contributed by atoms with Gasteiger partial charge in [0, 0.05) is 42.7 Å². The van der Waals surface area contributed by atoms with E-state index >= 15 is 0 Å². The van der Waals surface area contributed by atoms with Gasteiger partial charge in [0.25, 0.3) is 5.69 Å². The molecule has 0 saturated carbocycles. The molecule has 1 unspecified atom stereocenters. The number of non-ortho nitro benzene ring substituents is 1. The number of morpholine rings is 1. The number of nitrogens with zero attached hydrogens (tertiary/aromatic N) is 1. The SMILES string of the molecule is Cl.O=C(CC1COCCN1)NCc1cc([N+](=O)[O-])ccc1Cl. The van der Waals surface area contributed by atoms with Gasteiger partial charge in [-0.15, -0.1) is 12.4 Å². The molecule has 0 spiro atoms. The zero-order valence-electron chi connectivity index (χ0n) is 11.7. The maximum Gasteiger partial charge on any atom is 0.269 e. The van der Waals surface area contributed by atoms with Crippen molar-refractivity contribution in [2.45, 2.75) is 19.0 Å². The predicted molar refractivity (Wildman–Crippen MR) is 84.4 cm³/mol. The summed E-state index contributed by atoms with van der Waals surface area (Å²) >= 11 is 5.97. The van der Waals surface area contributed by atoms with Crippen LogP contribution in [0.4, 0.5) is 5.69 Å². The number of ether oxygens (including phenoxy) is 1. The first-order chi connectivity index (χ1) is 10.1. The third kappa shape index (κ3) is 5.42. The van der Waals surface area contributed by atoms with Gasteiger partial charge >= 0.3 is 0 Å². The molecule has 122 valence electrons. The van der Waals surface area contributed by atoms with Crippen molar-refractivity contribution in [2.24, 2.45) is 0 Å². The Hall–Kier alpha value is -1.41. The van der Waals surface area contributed by atoms with Crippen LogP contribution in [0.1, 0.15) is 12.0 Å². The number of hydrogen-bond acceptors (Lipinski definition) is 5. The van der Waals surface area contributed by atoms with Crippen molar-refractivity contribution in [3.05, 3.63) is 38.9 Å². The summed E-state index contributed by atoms with van der Waals surface area (Å²) < 4.78 is 5.27. The van der Waals surface area contributed by atoms with Crippen molar-refractivity contribution >= 4 is 35.6 Å². The van der Waals surface area contributed by atoms with Crippen molar-refractivity contribution in [3.63, 3.8) is 0 Å². The molecular formula is C13H17Cl2N3O4. The number of nitrogens with one attached hydrogen (secondary N) is 2. The standard InChI is InChI=1S/C13H16ClN3O4.ClH/c14-12-2-1-11(17(19)20)5-9(12)7-16-13(18)6-10-8-21-4-3-15-10;/h1-2,5,10,15H,3-4,6-8H2,(H,16,18);1H. The minimum atomic E-state index is -0.495. The Bertz CT molecular complexity index is 536. The molecule has 1 aromatic carbocycles. The van der Waals surface area contributed by atoms with Crippen LogP contribution < -0.4 is 10.6 Å². The summed E-state index contributed by atoms with van der Waals surface area (Å²) in [6.45, 7) is 2.05. The highest BCUT2D eigenvalue weighted by molar-refractivity contribution is 6.31. The van der Waals surface area contributed by atoms with E-state index in [2.05, 4.69) is 10.6 Å². The van der Waals surface area contributed by atoms with Crippen molar-refractivity contribution in [3.8, 4) is 0 Å². The minimum Gasteiger partial charge on any atom is -0.378 e. The lowest BCUT2D eigenvalue weighted by molar-refractivity contribution is -0.384. The van der Waals surface area contributed by atoms with Gasteiger partial charge in [-0.1, -0.05) is 11.6 Å². The number of carbonyl (C=O) groups excluding carboxylic acids is 1. The smallest absolute Gasteiger partial charge is 0.269 e. The lowest BCUT2D eigenvalue weighted by Gasteiger charge is -2.23. The van der Waals surface area contributed by atoms with Gasteiger partial charge in [-0.25, -0.2) is 0 Å². The molecule has 0 radical (unpaired) electrons. The zero-order valence-corrected chi connectivity index (χ0v) is 13.3. The summed E-state index contributed by atoms with van der Waals surface area (Å²) in [5, 5.41) is 17.0. The molecule has 1 aliphatic heterocycles. The normalized spacial score (nSPS) is 17.4. The van der Waals surface area contributed by atoms with E-state index in [0.717, 1.165) is 6.54 Å². The lowest BCUT2D eigenvalue weighted by atomic mass is 10.1. The Labute approximate surface area is 138 Å². The van der Waals surface area contributed by atoms with Crippen LogP contribution in [-0.2, 0) is 16.1 Å². The molecule has 2 N–H and O–H groups in total. The quantitative estimate of drug-likeness (QED) is 0.622. The molecule has 1 saturated heterocycles. The Morgan fingerprint density at radius 2 is 2.32 bits per heavy atom. The molecule has 7 nitrogen and oxygen atoms in total. The fraction of sp³-hybridized carbons (Fsp3) is 0.462. The number of benzene rings is 1. The van der Waals surface area contributed by atoms with Gasteiger partial charge < -0.3 is 15.4 Å². The molecular weight excluding hydrogens is 333 g/mol. The topological polar surface area (TPSA) is 93.5 Å². The van der Waals surface area contributed by atoms with E-state index in [4.69, 9.17) is 16.3 Å². The van der Waals surface area contributed by atoms with E-state index in [9.17, 15) is 14.9 Å². The van der Waals surface area contributed by atoms with Gasteiger partial charge in [0.1, 0.15) is 0 Å². The maximum atomic E-state index is 11.8. The first-order valence-corrected chi connectivity index (χ1v) is 6.94. The first kappa shape index (κ1) is 18.6. The van der Waals surface area contributed by atoms with E-state index < -0.39 is 4.92 Å². The maximum absolute atomic E-state index is 11.8.